The summed E-state index contributed by atoms with van der Waals surface area (Å²) in [5, 5.41) is 3.51. The molecule has 2 aromatic carbocycles. The van der Waals surface area contributed by atoms with Crippen LogP contribution in [0.5, 0.6) is 5.75 Å². The van der Waals surface area contributed by atoms with Crippen LogP contribution in [-0.4, -0.2) is 24.5 Å². The second-order valence-electron chi connectivity index (χ2n) is 8.75. The lowest BCUT2D eigenvalue weighted by molar-refractivity contribution is -0.131. The van der Waals surface area contributed by atoms with Crippen molar-refractivity contribution in [3.63, 3.8) is 0 Å². The molecule has 176 valence electrons. The quantitative estimate of drug-likeness (QED) is 0.271. The molecular weight excluding hydrogens is 412 g/mol. The number of nitrogens with one attached hydrogen (secondary N) is 1. The summed E-state index contributed by atoms with van der Waals surface area (Å²) >= 11 is 0. The molecule has 1 amide bonds. The smallest absolute Gasteiger partial charge is 0.308 e. The molecule has 1 saturated carbocycles. The predicted molar refractivity (Wildman–Crippen MR) is 133 cm³/mol. The first-order valence-corrected chi connectivity index (χ1v) is 12.1. The number of hydrogen-bond acceptors (Lipinski definition) is 4. The maximum absolute atomic E-state index is 14.1. The van der Waals surface area contributed by atoms with Crippen LogP contribution in [0.1, 0.15) is 69.2 Å². The zero-order valence-corrected chi connectivity index (χ0v) is 19.9. The van der Waals surface area contributed by atoms with Crippen molar-refractivity contribution < 1.29 is 14.3 Å². The van der Waals surface area contributed by atoms with Gasteiger partial charge in [-0.3, -0.25) is 14.5 Å². The summed E-state index contributed by atoms with van der Waals surface area (Å²) < 4.78 is 5.39. The maximum atomic E-state index is 14.1. The molecule has 0 radical (unpaired) electrons. The Balaban J connectivity index is 2.06. The Hall–Kier alpha value is -3.08. The molecule has 1 aliphatic carbocycles. The van der Waals surface area contributed by atoms with E-state index in [-0.39, 0.29) is 17.7 Å². The van der Waals surface area contributed by atoms with Crippen molar-refractivity contribution in [1.29, 1.82) is 0 Å². The molecule has 0 aromatic heterocycles. The summed E-state index contributed by atoms with van der Waals surface area (Å²) in [6, 6.07) is 16.5. The van der Waals surface area contributed by atoms with Gasteiger partial charge in [0.25, 0.3) is 5.91 Å². The number of ether oxygens (including phenoxy) is 1. The monoisotopic (exact) mass is 448 g/mol. The van der Waals surface area contributed by atoms with Crippen LogP contribution in [0, 0.1) is 5.92 Å². The van der Waals surface area contributed by atoms with Gasteiger partial charge in [0.1, 0.15) is 5.75 Å². The van der Waals surface area contributed by atoms with Gasteiger partial charge in [0, 0.05) is 24.9 Å². The molecule has 0 spiro atoms. The van der Waals surface area contributed by atoms with Gasteiger partial charge in [-0.25, -0.2) is 0 Å². The van der Waals surface area contributed by atoms with E-state index in [1.54, 1.807) is 24.3 Å². The predicted octanol–water partition coefficient (Wildman–Crippen LogP) is 6.11. The second kappa shape index (κ2) is 12.2. The molecule has 33 heavy (non-hydrogen) atoms. The molecular formula is C28H36N2O3. The Labute approximate surface area is 197 Å². The zero-order chi connectivity index (χ0) is 23.6. The number of unbranched alkanes of at least 4 members (excludes halogenated alkanes) is 1. The number of esters is 1. The number of anilines is 1. The van der Waals surface area contributed by atoms with E-state index in [0.717, 1.165) is 56.5 Å². The van der Waals surface area contributed by atoms with E-state index in [4.69, 9.17) is 4.74 Å². The summed E-state index contributed by atoms with van der Waals surface area (Å²) in [5.41, 5.74) is 2.06. The zero-order valence-electron chi connectivity index (χ0n) is 19.9. The van der Waals surface area contributed by atoms with Gasteiger partial charge in [0.05, 0.1) is 11.6 Å². The molecule has 0 aliphatic heterocycles. The van der Waals surface area contributed by atoms with Crippen molar-refractivity contribution >= 4 is 17.6 Å². The minimum Gasteiger partial charge on any atom is -0.426 e. The van der Waals surface area contributed by atoms with Crippen molar-refractivity contribution in [3.8, 4) is 5.75 Å². The minimum absolute atomic E-state index is 0.188. The summed E-state index contributed by atoms with van der Waals surface area (Å²) in [5.74, 6) is -0.0450. The first kappa shape index (κ1) is 24.6. The average molecular weight is 449 g/mol. The van der Waals surface area contributed by atoms with Gasteiger partial charge in [0.15, 0.2) is 0 Å². The Morgan fingerprint density at radius 1 is 1.06 bits per heavy atom. The minimum atomic E-state index is -0.448. The van der Waals surface area contributed by atoms with Crippen LogP contribution in [0.25, 0.3) is 0 Å². The van der Waals surface area contributed by atoms with Crippen molar-refractivity contribution in [3.05, 3.63) is 72.4 Å². The number of benzene rings is 2. The van der Waals surface area contributed by atoms with Gasteiger partial charge >= 0.3 is 5.97 Å². The fraction of sp³-hybridized carbons (Fsp3) is 0.429. The van der Waals surface area contributed by atoms with Gasteiger partial charge in [-0.05, 0) is 49.4 Å². The fourth-order valence-electron chi connectivity index (χ4n) is 4.64. The van der Waals surface area contributed by atoms with Crippen LogP contribution >= 0.6 is 0 Å². The lowest BCUT2D eigenvalue weighted by Crippen LogP contribution is -2.49. The highest BCUT2D eigenvalue weighted by atomic mass is 16.5. The topological polar surface area (TPSA) is 58.6 Å². The van der Waals surface area contributed by atoms with Crippen molar-refractivity contribution in [2.24, 2.45) is 5.92 Å². The van der Waals surface area contributed by atoms with Gasteiger partial charge in [-0.15, -0.1) is 0 Å². The third kappa shape index (κ3) is 6.47. The van der Waals surface area contributed by atoms with E-state index < -0.39 is 5.97 Å². The van der Waals surface area contributed by atoms with Crippen LogP contribution < -0.4 is 15.0 Å². The van der Waals surface area contributed by atoms with E-state index in [2.05, 4.69) is 18.8 Å². The second-order valence-corrected chi connectivity index (χ2v) is 8.75. The summed E-state index contributed by atoms with van der Waals surface area (Å²) in [4.78, 5) is 27.7. The van der Waals surface area contributed by atoms with Crippen LogP contribution in [0.2, 0.25) is 0 Å². The highest BCUT2D eigenvalue weighted by Gasteiger charge is 2.36. The molecule has 3 rings (SSSR count). The number of carbonyl (C=O) groups is 2. The van der Waals surface area contributed by atoms with Crippen molar-refractivity contribution in [2.75, 3.05) is 11.4 Å². The summed E-state index contributed by atoms with van der Waals surface area (Å²) in [6.45, 7) is 8.75. The maximum Gasteiger partial charge on any atom is 0.308 e. The molecule has 1 unspecified atom stereocenters. The summed E-state index contributed by atoms with van der Waals surface area (Å²) in [6.07, 6.45) is 7.79. The Bertz CT molecular complexity index is 935. The van der Waals surface area contributed by atoms with Crippen LogP contribution in [0.15, 0.2) is 66.9 Å². The lowest BCUT2D eigenvalue weighted by Gasteiger charge is -2.40. The number of para-hydroxylation sites is 2. The van der Waals surface area contributed by atoms with Gasteiger partial charge in [-0.1, -0.05) is 69.5 Å². The molecule has 1 aliphatic rings. The Kier molecular flexibility index (Phi) is 9.11. The standard InChI is InChI=1S/C28H36N2O3/c1-4-5-20-29-21(2)27(23-14-8-6-9-15-23)30(24-16-10-7-11-17-24)28(32)25-18-12-13-19-26(25)33-22(3)31/h7,10-13,16-19,23,27,29H,2,4-6,8-9,14-15,20H2,1,3H3. The molecule has 1 fully saturated rings. The molecule has 0 saturated heterocycles. The fourth-order valence-corrected chi connectivity index (χ4v) is 4.64. The van der Waals surface area contributed by atoms with E-state index >= 15 is 0 Å². The summed E-state index contributed by atoms with van der Waals surface area (Å²) in [7, 11) is 0. The number of carbonyl (C=O) groups excluding carboxylic acids is 2. The van der Waals surface area contributed by atoms with Crippen molar-refractivity contribution in [2.45, 2.75) is 64.8 Å². The largest absolute Gasteiger partial charge is 0.426 e. The molecule has 5 nitrogen and oxygen atoms in total. The van der Waals surface area contributed by atoms with E-state index in [0.29, 0.717) is 11.5 Å². The SMILES string of the molecule is C=C(NCCCC)C(C1CCCCC1)N(C(=O)c1ccccc1OC(C)=O)c1ccccc1. The third-order valence-corrected chi connectivity index (χ3v) is 6.24. The van der Waals surface area contributed by atoms with Gasteiger partial charge in [-0.2, -0.15) is 0 Å². The number of amides is 1. The van der Waals surface area contributed by atoms with Gasteiger partial charge in [0.2, 0.25) is 0 Å². The Morgan fingerprint density at radius 2 is 1.73 bits per heavy atom. The third-order valence-electron chi connectivity index (χ3n) is 6.24. The van der Waals surface area contributed by atoms with E-state index in [9.17, 15) is 9.59 Å². The van der Waals surface area contributed by atoms with Crippen LogP contribution in [0.3, 0.4) is 0 Å². The number of rotatable bonds is 10. The highest BCUT2D eigenvalue weighted by molar-refractivity contribution is 6.09. The molecule has 5 heteroatoms. The number of nitrogens with zero attached hydrogens (tertiary/aromatic N) is 1. The molecule has 0 bridgehead atoms. The van der Waals surface area contributed by atoms with Crippen LogP contribution in [-0.2, 0) is 4.79 Å². The van der Waals surface area contributed by atoms with Crippen molar-refractivity contribution in [1.82, 2.24) is 5.32 Å². The molecule has 1 N–H and O–H groups in total. The molecule has 1 atom stereocenters. The highest BCUT2D eigenvalue weighted by Crippen LogP contribution is 2.36. The van der Waals surface area contributed by atoms with Crippen LogP contribution in [0.4, 0.5) is 5.69 Å². The van der Waals surface area contributed by atoms with E-state index in [1.165, 1.54) is 13.3 Å². The number of hydrogen-bond donors (Lipinski definition) is 1. The normalized spacial score (nSPS) is 14.8. The van der Waals surface area contributed by atoms with E-state index in [1.807, 2.05) is 35.2 Å². The first-order chi connectivity index (χ1) is 16.0. The Morgan fingerprint density at radius 3 is 2.39 bits per heavy atom. The lowest BCUT2D eigenvalue weighted by atomic mass is 9.81. The molecule has 2 aromatic rings. The molecule has 0 heterocycles. The first-order valence-electron chi connectivity index (χ1n) is 12.1. The average Bonchev–Trinajstić information content (AvgIpc) is 2.83. The van der Waals surface area contributed by atoms with Gasteiger partial charge < -0.3 is 10.1 Å².